The van der Waals surface area contributed by atoms with Gasteiger partial charge in [0.1, 0.15) is 0 Å². The van der Waals surface area contributed by atoms with E-state index in [9.17, 15) is 14.4 Å². The Bertz CT molecular complexity index is 284. The summed E-state index contributed by atoms with van der Waals surface area (Å²) < 4.78 is 0. The number of carbonyl (C=O) groups excluding carboxylic acids is 2. The van der Waals surface area contributed by atoms with E-state index in [4.69, 9.17) is 5.11 Å². The van der Waals surface area contributed by atoms with Crippen LogP contribution in [-0.4, -0.2) is 22.6 Å². The zero-order valence-corrected chi connectivity index (χ0v) is 7.78. The van der Waals surface area contributed by atoms with Crippen molar-refractivity contribution < 1.29 is 19.5 Å². The molecule has 2 fully saturated rings. The van der Waals surface area contributed by atoms with Crippen molar-refractivity contribution in [3.63, 3.8) is 0 Å². The summed E-state index contributed by atoms with van der Waals surface area (Å²) >= 11 is 0. The minimum Gasteiger partial charge on any atom is -0.480 e. The first-order valence-electron chi connectivity index (χ1n) is 4.90. The van der Waals surface area contributed by atoms with E-state index in [1.165, 1.54) is 0 Å². The van der Waals surface area contributed by atoms with Gasteiger partial charge in [-0.2, -0.15) is 0 Å². The molecule has 0 amide bonds. The molecule has 0 bridgehead atoms. The lowest BCUT2D eigenvalue weighted by Crippen LogP contribution is -2.60. The Labute approximate surface area is 81.3 Å². The van der Waals surface area contributed by atoms with Crippen LogP contribution >= 0.6 is 0 Å². The van der Waals surface area contributed by atoms with Crippen LogP contribution in [0.1, 0.15) is 32.1 Å². The molecule has 0 unspecified atom stereocenters. The lowest BCUT2D eigenvalue weighted by atomic mass is 9.58. The molecule has 0 atom stereocenters. The highest BCUT2D eigenvalue weighted by Crippen LogP contribution is 2.48. The fourth-order valence-electron chi connectivity index (χ4n) is 2.70. The Morgan fingerprint density at radius 3 is 2.07 bits per heavy atom. The van der Waals surface area contributed by atoms with Crippen molar-refractivity contribution in [2.75, 3.05) is 0 Å². The van der Waals surface area contributed by atoms with Gasteiger partial charge in [0.05, 0.1) is 6.42 Å². The van der Waals surface area contributed by atoms with Crippen LogP contribution in [0.5, 0.6) is 0 Å². The maximum absolute atomic E-state index is 11.4. The average Bonchev–Trinajstić information content (AvgIpc) is 2.57. The summed E-state index contributed by atoms with van der Waals surface area (Å²) in [6, 6.07) is 0. The Balaban J connectivity index is 2.35. The Morgan fingerprint density at radius 2 is 1.71 bits per heavy atom. The number of rotatable bonds is 2. The number of carboxylic acid groups (broad SMARTS) is 1. The topological polar surface area (TPSA) is 71.4 Å². The van der Waals surface area contributed by atoms with Gasteiger partial charge in [0, 0.05) is 0 Å². The summed E-state index contributed by atoms with van der Waals surface area (Å²) in [4.78, 5) is 33.8. The van der Waals surface area contributed by atoms with Crippen molar-refractivity contribution in [2.45, 2.75) is 32.1 Å². The third-order valence-electron chi connectivity index (χ3n) is 3.51. The molecule has 0 heterocycles. The average molecular weight is 196 g/mol. The first-order valence-corrected chi connectivity index (χ1v) is 4.90. The molecule has 0 radical (unpaired) electrons. The van der Waals surface area contributed by atoms with Crippen molar-refractivity contribution >= 4 is 17.5 Å². The Morgan fingerprint density at radius 1 is 1.21 bits per heavy atom. The molecule has 0 aromatic carbocycles. The highest BCUT2D eigenvalue weighted by molar-refractivity contribution is 6.35. The minimum absolute atomic E-state index is 0.178. The summed E-state index contributed by atoms with van der Waals surface area (Å²) in [5.74, 6) is -2.25. The van der Waals surface area contributed by atoms with Crippen LogP contribution in [0.15, 0.2) is 0 Å². The maximum atomic E-state index is 11.4. The smallest absolute Gasteiger partial charge is 0.325 e. The molecule has 0 spiro atoms. The van der Waals surface area contributed by atoms with E-state index in [0.29, 0.717) is 12.8 Å². The van der Waals surface area contributed by atoms with Gasteiger partial charge in [-0.05, 0) is 18.8 Å². The molecule has 2 aliphatic rings. The normalized spacial score (nSPS) is 26.3. The van der Waals surface area contributed by atoms with E-state index in [0.717, 1.165) is 12.8 Å². The lowest BCUT2D eigenvalue weighted by Gasteiger charge is -2.38. The van der Waals surface area contributed by atoms with Crippen molar-refractivity contribution in [3.8, 4) is 0 Å². The van der Waals surface area contributed by atoms with Gasteiger partial charge in [-0.1, -0.05) is 12.8 Å². The van der Waals surface area contributed by atoms with Gasteiger partial charge in [-0.3, -0.25) is 14.4 Å². The molecule has 4 heteroatoms. The number of carbonyl (C=O) groups is 3. The standard InChI is InChI=1S/C10H12O4/c11-7-5-8(12)10(7,9(13)14)6-3-1-2-4-6/h6H,1-5H2,(H,13,14). The zero-order valence-electron chi connectivity index (χ0n) is 7.78. The minimum atomic E-state index is -1.64. The summed E-state index contributed by atoms with van der Waals surface area (Å²) in [7, 11) is 0. The maximum Gasteiger partial charge on any atom is 0.325 e. The van der Waals surface area contributed by atoms with E-state index in [2.05, 4.69) is 0 Å². The summed E-state index contributed by atoms with van der Waals surface area (Å²) in [5.41, 5.74) is -1.64. The number of carboxylic acids is 1. The Kier molecular flexibility index (Phi) is 1.94. The summed E-state index contributed by atoms with van der Waals surface area (Å²) in [5, 5.41) is 9.04. The fourth-order valence-corrected chi connectivity index (χ4v) is 2.70. The van der Waals surface area contributed by atoms with E-state index in [1.807, 2.05) is 0 Å². The van der Waals surface area contributed by atoms with Gasteiger partial charge in [0.25, 0.3) is 0 Å². The molecule has 0 aromatic rings. The van der Waals surface area contributed by atoms with Crippen molar-refractivity contribution in [1.82, 2.24) is 0 Å². The van der Waals surface area contributed by atoms with Crippen LogP contribution in [0.4, 0.5) is 0 Å². The van der Waals surface area contributed by atoms with Gasteiger partial charge in [0.2, 0.25) is 0 Å². The number of hydrogen-bond acceptors (Lipinski definition) is 3. The molecule has 0 saturated heterocycles. The molecule has 1 N–H and O–H groups in total. The zero-order chi connectivity index (χ0) is 10.3. The highest BCUT2D eigenvalue weighted by atomic mass is 16.4. The van der Waals surface area contributed by atoms with Crippen molar-refractivity contribution in [2.24, 2.45) is 11.3 Å². The molecule has 0 aromatic heterocycles. The van der Waals surface area contributed by atoms with Gasteiger partial charge in [-0.25, -0.2) is 0 Å². The second-order valence-electron chi connectivity index (χ2n) is 4.12. The van der Waals surface area contributed by atoms with Crippen LogP contribution in [0, 0.1) is 11.3 Å². The van der Waals surface area contributed by atoms with Crippen LogP contribution in [0.2, 0.25) is 0 Å². The Hall–Kier alpha value is -1.19. The predicted molar refractivity (Wildman–Crippen MR) is 46.7 cm³/mol. The van der Waals surface area contributed by atoms with Gasteiger partial charge in [0.15, 0.2) is 17.0 Å². The van der Waals surface area contributed by atoms with E-state index < -0.39 is 11.4 Å². The van der Waals surface area contributed by atoms with Crippen LogP contribution < -0.4 is 0 Å². The largest absolute Gasteiger partial charge is 0.480 e. The monoisotopic (exact) mass is 196 g/mol. The fraction of sp³-hybridized carbons (Fsp3) is 0.700. The first kappa shape index (κ1) is 9.37. The number of hydrogen-bond donors (Lipinski definition) is 1. The van der Waals surface area contributed by atoms with Crippen molar-refractivity contribution in [1.29, 1.82) is 0 Å². The molecular weight excluding hydrogens is 184 g/mol. The number of Topliss-reactive ketones (excluding diaryl/α,β-unsaturated/α-hetero) is 2. The van der Waals surface area contributed by atoms with Gasteiger partial charge < -0.3 is 5.11 Å². The molecule has 2 rings (SSSR count). The lowest BCUT2D eigenvalue weighted by molar-refractivity contribution is -0.172. The number of aliphatic carboxylic acids is 1. The molecule has 2 aliphatic carbocycles. The molecular formula is C10H12O4. The van der Waals surface area contributed by atoms with Gasteiger partial charge >= 0.3 is 5.97 Å². The second kappa shape index (κ2) is 2.90. The van der Waals surface area contributed by atoms with E-state index in [1.54, 1.807) is 0 Å². The quantitative estimate of drug-likeness (QED) is 0.663. The second-order valence-corrected chi connectivity index (χ2v) is 4.12. The predicted octanol–water partition coefficient (Wildman–Crippen LogP) is 0.790. The molecule has 2 saturated carbocycles. The third kappa shape index (κ3) is 0.910. The van der Waals surface area contributed by atoms with Gasteiger partial charge in [-0.15, -0.1) is 0 Å². The van der Waals surface area contributed by atoms with Crippen LogP contribution in [0.25, 0.3) is 0 Å². The number of ketones is 2. The third-order valence-corrected chi connectivity index (χ3v) is 3.51. The van der Waals surface area contributed by atoms with E-state index >= 15 is 0 Å². The van der Waals surface area contributed by atoms with Crippen LogP contribution in [0.3, 0.4) is 0 Å². The molecule has 4 nitrogen and oxygen atoms in total. The van der Waals surface area contributed by atoms with Crippen LogP contribution in [-0.2, 0) is 14.4 Å². The summed E-state index contributed by atoms with van der Waals surface area (Å²) in [6.07, 6.45) is 3.08. The van der Waals surface area contributed by atoms with Crippen molar-refractivity contribution in [3.05, 3.63) is 0 Å². The SMILES string of the molecule is O=C(O)C1(C2CCCC2)C(=O)CC1=O. The van der Waals surface area contributed by atoms with E-state index in [-0.39, 0.29) is 23.9 Å². The first-order chi connectivity index (χ1) is 6.60. The molecule has 76 valence electrons. The highest BCUT2D eigenvalue weighted by Gasteiger charge is 2.64. The molecule has 0 aliphatic heterocycles. The summed E-state index contributed by atoms with van der Waals surface area (Å²) in [6.45, 7) is 0. The molecule has 14 heavy (non-hydrogen) atoms.